The van der Waals surface area contributed by atoms with Crippen LogP contribution in [0.3, 0.4) is 0 Å². The molecule has 2 amide bonds. The molecule has 1 aromatic heterocycles. The minimum Gasteiger partial charge on any atom is -0.376 e. The highest BCUT2D eigenvalue weighted by atomic mass is 19.4. The molecule has 13 heteroatoms. The number of amides is 2. The van der Waals surface area contributed by atoms with E-state index >= 15 is 0 Å². The first-order chi connectivity index (χ1) is 19.0. The second-order valence-electron chi connectivity index (χ2n) is 10.1. The third kappa shape index (κ3) is 5.03. The molecule has 40 heavy (non-hydrogen) atoms. The Morgan fingerprint density at radius 1 is 1.25 bits per heavy atom. The van der Waals surface area contributed by atoms with Crippen LogP contribution in [0.2, 0.25) is 0 Å². The standard InChI is InChI=1S/C27H26F3N7O3/c1-35(23(38)21-14-36(34-33-21)16-27(28,29)30)22(11-17-7-3-2-4-8-17)24(39)37-15-26(12-18(37)13-31)19-9-5-6-10-20(19)32-25(26)40/h2-10,14,18,22,24,39H,11-12,15-16H2,1H3,(H,32,40)/t18-,22-,24?,26-/m0/s1. The molecule has 0 radical (unpaired) electrons. The number of carbonyl (C=O) groups excluding carboxylic acids is 2. The molecule has 1 fully saturated rings. The number of nitrogens with zero attached hydrogens (tertiary/aromatic N) is 6. The fourth-order valence-electron chi connectivity index (χ4n) is 5.57. The summed E-state index contributed by atoms with van der Waals surface area (Å²) in [5.74, 6) is -1.02. The maximum Gasteiger partial charge on any atom is 0.408 e. The summed E-state index contributed by atoms with van der Waals surface area (Å²) in [5, 5.41) is 31.7. The molecule has 2 aliphatic heterocycles. The summed E-state index contributed by atoms with van der Waals surface area (Å²) in [6.07, 6.45) is -4.74. The highest BCUT2D eigenvalue weighted by molar-refractivity contribution is 6.06. The van der Waals surface area contributed by atoms with E-state index in [1.807, 2.05) is 24.3 Å². The van der Waals surface area contributed by atoms with Crippen LogP contribution in [0.1, 0.15) is 28.0 Å². The van der Waals surface area contributed by atoms with E-state index in [1.165, 1.54) is 16.8 Å². The van der Waals surface area contributed by atoms with Gasteiger partial charge in [-0.3, -0.25) is 14.5 Å². The van der Waals surface area contributed by atoms with E-state index in [0.29, 0.717) is 10.4 Å². The number of hydrogen-bond acceptors (Lipinski definition) is 7. The first kappa shape index (κ1) is 27.3. The topological polar surface area (TPSA) is 127 Å². The Labute approximate surface area is 227 Å². The summed E-state index contributed by atoms with van der Waals surface area (Å²) in [7, 11) is 1.41. The van der Waals surface area contributed by atoms with Gasteiger partial charge in [0.15, 0.2) is 5.69 Å². The molecule has 208 valence electrons. The maximum absolute atomic E-state index is 13.4. The normalized spacial score (nSPS) is 22.0. The summed E-state index contributed by atoms with van der Waals surface area (Å²) < 4.78 is 38.9. The SMILES string of the molecule is CN(C(=O)c1cn(CC(F)(F)F)nn1)[C@@H](Cc1ccccc1)C(O)N1C[C@]2(C[C@H]1C#N)C(=O)Nc1ccccc12. The van der Waals surface area contributed by atoms with Crippen LogP contribution in [0.25, 0.3) is 0 Å². The lowest BCUT2D eigenvalue weighted by molar-refractivity contribution is -0.142. The molecule has 3 heterocycles. The number of aliphatic hydroxyl groups excluding tert-OH is 1. The lowest BCUT2D eigenvalue weighted by Crippen LogP contribution is -2.55. The Bertz CT molecular complexity index is 1460. The number of benzene rings is 2. The van der Waals surface area contributed by atoms with Gasteiger partial charge in [-0.2, -0.15) is 18.4 Å². The monoisotopic (exact) mass is 553 g/mol. The predicted molar refractivity (Wildman–Crippen MR) is 136 cm³/mol. The van der Waals surface area contributed by atoms with Crippen LogP contribution in [0.5, 0.6) is 0 Å². The maximum atomic E-state index is 13.4. The van der Waals surface area contributed by atoms with Crippen LogP contribution in [0.4, 0.5) is 18.9 Å². The van der Waals surface area contributed by atoms with E-state index in [0.717, 1.165) is 17.3 Å². The Morgan fingerprint density at radius 3 is 2.65 bits per heavy atom. The Hall–Kier alpha value is -4.28. The first-order valence-electron chi connectivity index (χ1n) is 12.5. The molecule has 2 aromatic carbocycles. The van der Waals surface area contributed by atoms with Crippen LogP contribution in [-0.2, 0) is 23.2 Å². The highest BCUT2D eigenvalue weighted by Crippen LogP contribution is 2.47. The third-order valence-corrected chi connectivity index (χ3v) is 7.56. The van der Waals surface area contributed by atoms with Crippen molar-refractivity contribution in [2.45, 2.75) is 49.3 Å². The highest BCUT2D eigenvalue weighted by Gasteiger charge is 2.56. The molecule has 2 aliphatic rings. The van der Waals surface area contributed by atoms with Gasteiger partial charge in [0.2, 0.25) is 5.91 Å². The van der Waals surface area contributed by atoms with Gasteiger partial charge in [0.25, 0.3) is 5.91 Å². The summed E-state index contributed by atoms with van der Waals surface area (Å²) in [5.41, 5.74) is 0.781. The van der Waals surface area contributed by atoms with E-state index in [1.54, 1.807) is 30.3 Å². The number of aliphatic hydroxyl groups is 1. The Balaban J connectivity index is 1.45. The number of halogens is 3. The minimum absolute atomic E-state index is 0.0321. The van der Waals surface area contributed by atoms with Crippen molar-refractivity contribution in [1.82, 2.24) is 24.8 Å². The second-order valence-corrected chi connectivity index (χ2v) is 10.1. The van der Waals surface area contributed by atoms with Crippen molar-refractivity contribution >= 4 is 17.5 Å². The van der Waals surface area contributed by atoms with E-state index < -0.39 is 42.4 Å². The molecule has 2 N–H and O–H groups in total. The summed E-state index contributed by atoms with van der Waals surface area (Å²) >= 11 is 0. The largest absolute Gasteiger partial charge is 0.408 e. The summed E-state index contributed by atoms with van der Waals surface area (Å²) in [4.78, 5) is 29.3. The Morgan fingerprint density at radius 2 is 1.95 bits per heavy atom. The lowest BCUT2D eigenvalue weighted by atomic mass is 9.80. The van der Waals surface area contributed by atoms with Gasteiger partial charge >= 0.3 is 6.18 Å². The fourth-order valence-corrected chi connectivity index (χ4v) is 5.57. The predicted octanol–water partition coefficient (Wildman–Crippen LogP) is 2.33. The molecular weight excluding hydrogens is 527 g/mol. The van der Waals surface area contributed by atoms with Gasteiger partial charge in [-0.1, -0.05) is 53.7 Å². The summed E-state index contributed by atoms with van der Waals surface area (Å²) in [6.45, 7) is -1.37. The molecule has 3 aromatic rings. The van der Waals surface area contributed by atoms with Crippen LogP contribution in [-0.4, -0.2) is 79.8 Å². The summed E-state index contributed by atoms with van der Waals surface area (Å²) in [6, 6.07) is 16.6. The molecule has 0 bridgehead atoms. The number of likely N-dealkylation sites (N-methyl/N-ethyl adjacent to an activating group) is 1. The number of likely N-dealkylation sites (tertiary alicyclic amines) is 1. The van der Waals surface area contributed by atoms with Gasteiger partial charge in [-0.25, -0.2) is 4.68 Å². The quantitative estimate of drug-likeness (QED) is 0.460. The van der Waals surface area contributed by atoms with E-state index in [2.05, 4.69) is 21.7 Å². The first-order valence-corrected chi connectivity index (χ1v) is 12.5. The smallest absolute Gasteiger partial charge is 0.376 e. The number of aromatic nitrogens is 3. The molecule has 0 saturated carbocycles. The molecule has 1 spiro atoms. The Kier molecular flexibility index (Phi) is 7.07. The van der Waals surface area contributed by atoms with Crippen molar-refractivity contribution < 1.29 is 27.9 Å². The van der Waals surface area contributed by atoms with Crippen molar-refractivity contribution in [2.24, 2.45) is 0 Å². The van der Waals surface area contributed by atoms with Gasteiger partial charge in [-0.15, -0.1) is 5.10 Å². The molecule has 5 rings (SSSR count). The van der Waals surface area contributed by atoms with Crippen LogP contribution >= 0.6 is 0 Å². The van der Waals surface area contributed by atoms with Crippen molar-refractivity contribution in [3.63, 3.8) is 0 Å². The number of rotatable bonds is 7. The van der Waals surface area contributed by atoms with Crippen molar-refractivity contribution in [2.75, 3.05) is 18.9 Å². The molecule has 10 nitrogen and oxygen atoms in total. The molecule has 4 atom stereocenters. The fraction of sp³-hybridized carbons (Fsp3) is 0.370. The lowest BCUT2D eigenvalue weighted by Gasteiger charge is -2.37. The number of alkyl halides is 3. The van der Waals surface area contributed by atoms with Crippen LogP contribution in [0, 0.1) is 11.3 Å². The van der Waals surface area contributed by atoms with Gasteiger partial charge < -0.3 is 15.3 Å². The van der Waals surface area contributed by atoms with Gasteiger partial charge in [0.1, 0.15) is 18.8 Å². The van der Waals surface area contributed by atoms with Crippen molar-refractivity contribution in [3.8, 4) is 6.07 Å². The number of nitriles is 1. The van der Waals surface area contributed by atoms with Crippen molar-refractivity contribution in [3.05, 3.63) is 77.6 Å². The average Bonchev–Trinajstić information content (AvgIpc) is 3.62. The zero-order valence-electron chi connectivity index (χ0n) is 21.4. The zero-order valence-corrected chi connectivity index (χ0v) is 21.4. The van der Waals surface area contributed by atoms with Crippen LogP contribution < -0.4 is 5.32 Å². The van der Waals surface area contributed by atoms with Crippen LogP contribution in [0.15, 0.2) is 60.8 Å². The van der Waals surface area contributed by atoms with Crippen molar-refractivity contribution in [1.29, 1.82) is 5.26 Å². The number of carbonyl (C=O) groups is 2. The second kappa shape index (κ2) is 10.4. The average molecular weight is 554 g/mol. The third-order valence-electron chi connectivity index (χ3n) is 7.56. The minimum atomic E-state index is -4.55. The van der Waals surface area contributed by atoms with E-state index in [-0.39, 0.29) is 31.0 Å². The number of fused-ring (bicyclic) bond motifs is 2. The van der Waals surface area contributed by atoms with Gasteiger partial charge in [-0.05, 0) is 30.0 Å². The number of para-hydroxylation sites is 1. The molecule has 1 saturated heterocycles. The molecule has 1 unspecified atom stereocenters. The number of nitrogens with one attached hydrogen (secondary N) is 1. The number of anilines is 1. The zero-order chi connectivity index (χ0) is 28.7. The van der Waals surface area contributed by atoms with Gasteiger partial charge in [0, 0.05) is 19.3 Å². The van der Waals surface area contributed by atoms with E-state index in [9.17, 15) is 33.1 Å². The molecular formula is C27H26F3N7O3. The van der Waals surface area contributed by atoms with Gasteiger partial charge in [0.05, 0.1) is 23.7 Å². The molecule has 0 aliphatic carbocycles. The van der Waals surface area contributed by atoms with E-state index in [4.69, 9.17) is 0 Å². The number of hydrogen-bond donors (Lipinski definition) is 2.